The highest BCUT2D eigenvalue weighted by atomic mass is 14.9. The van der Waals surface area contributed by atoms with Crippen LogP contribution >= 0.6 is 0 Å². The summed E-state index contributed by atoms with van der Waals surface area (Å²) in [6.45, 7) is 2.30. The Hall–Kier alpha value is -0.0800. The number of piperidine rings is 1. The van der Waals surface area contributed by atoms with E-state index in [4.69, 9.17) is 5.73 Å². The van der Waals surface area contributed by atoms with Crippen LogP contribution in [0.5, 0.6) is 0 Å². The molecule has 0 aromatic carbocycles. The van der Waals surface area contributed by atoms with Gasteiger partial charge in [0.2, 0.25) is 0 Å². The summed E-state index contributed by atoms with van der Waals surface area (Å²) < 4.78 is 0. The Labute approximate surface area is 68.5 Å². The molecule has 2 fully saturated rings. The van der Waals surface area contributed by atoms with Gasteiger partial charge in [-0.15, -0.1) is 0 Å². The zero-order chi connectivity index (χ0) is 7.73. The third kappa shape index (κ3) is 1.30. The van der Waals surface area contributed by atoms with Crippen molar-refractivity contribution in [1.29, 1.82) is 0 Å². The molecule has 1 saturated carbocycles. The number of nitrogens with one attached hydrogen (secondary N) is 1. The minimum Gasteiger partial charge on any atom is -0.325 e. The van der Waals surface area contributed by atoms with Gasteiger partial charge in [-0.1, -0.05) is 12.8 Å². The van der Waals surface area contributed by atoms with Crippen LogP contribution in [-0.4, -0.2) is 18.6 Å². The van der Waals surface area contributed by atoms with Crippen molar-refractivity contribution in [3.63, 3.8) is 0 Å². The van der Waals surface area contributed by atoms with Crippen molar-refractivity contribution in [2.24, 2.45) is 11.7 Å². The summed E-state index contributed by atoms with van der Waals surface area (Å²) >= 11 is 0. The first-order valence-corrected chi connectivity index (χ1v) is 4.81. The van der Waals surface area contributed by atoms with E-state index in [0.717, 1.165) is 19.0 Å². The van der Waals surface area contributed by atoms with Crippen LogP contribution in [0.2, 0.25) is 0 Å². The van der Waals surface area contributed by atoms with Crippen molar-refractivity contribution in [2.75, 3.05) is 13.1 Å². The molecule has 0 bridgehead atoms. The smallest absolute Gasteiger partial charge is 0.0207 e. The third-order valence-electron chi connectivity index (χ3n) is 3.42. The summed E-state index contributed by atoms with van der Waals surface area (Å²) in [5.41, 5.74) is 6.54. The van der Waals surface area contributed by atoms with E-state index < -0.39 is 0 Å². The molecular weight excluding hydrogens is 136 g/mol. The van der Waals surface area contributed by atoms with Crippen LogP contribution in [0.1, 0.15) is 32.1 Å². The highest BCUT2D eigenvalue weighted by Gasteiger charge is 2.38. The summed E-state index contributed by atoms with van der Waals surface area (Å²) in [4.78, 5) is 0. The SMILES string of the molecule is NC12CCCCC1CNCC2. The van der Waals surface area contributed by atoms with Gasteiger partial charge in [-0.05, 0) is 38.3 Å². The molecule has 1 saturated heterocycles. The average molecular weight is 154 g/mol. The van der Waals surface area contributed by atoms with E-state index in [-0.39, 0.29) is 5.54 Å². The van der Waals surface area contributed by atoms with Crippen LogP contribution in [0.3, 0.4) is 0 Å². The van der Waals surface area contributed by atoms with Crippen LogP contribution in [-0.2, 0) is 0 Å². The first kappa shape index (κ1) is 7.56. The van der Waals surface area contributed by atoms with E-state index in [9.17, 15) is 0 Å². The largest absolute Gasteiger partial charge is 0.325 e. The second-order valence-corrected chi connectivity index (χ2v) is 4.13. The van der Waals surface area contributed by atoms with E-state index in [2.05, 4.69) is 5.32 Å². The molecule has 0 aromatic heterocycles. The molecule has 1 heterocycles. The van der Waals surface area contributed by atoms with E-state index in [1.165, 1.54) is 32.1 Å². The van der Waals surface area contributed by atoms with Gasteiger partial charge in [0, 0.05) is 5.54 Å². The van der Waals surface area contributed by atoms with Crippen LogP contribution in [0.25, 0.3) is 0 Å². The lowest BCUT2D eigenvalue weighted by Crippen LogP contribution is -2.57. The molecule has 1 aliphatic carbocycles. The predicted octanol–water partition coefficient (Wildman–Crippen LogP) is 0.867. The summed E-state index contributed by atoms with van der Waals surface area (Å²) in [7, 11) is 0. The van der Waals surface area contributed by atoms with Crippen LogP contribution in [0, 0.1) is 5.92 Å². The van der Waals surface area contributed by atoms with Gasteiger partial charge < -0.3 is 11.1 Å². The Morgan fingerprint density at radius 2 is 2.18 bits per heavy atom. The maximum absolute atomic E-state index is 6.32. The highest BCUT2D eigenvalue weighted by molar-refractivity contribution is 4.98. The minimum absolute atomic E-state index is 0.212. The third-order valence-corrected chi connectivity index (χ3v) is 3.42. The Kier molecular flexibility index (Phi) is 1.90. The summed E-state index contributed by atoms with van der Waals surface area (Å²) in [5, 5.41) is 3.43. The fourth-order valence-corrected chi connectivity index (χ4v) is 2.57. The maximum Gasteiger partial charge on any atom is 0.0207 e. The molecule has 0 radical (unpaired) electrons. The van der Waals surface area contributed by atoms with E-state index >= 15 is 0 Å². The quantitative estimate of drug-likeness (QED) is 0.543. The number of rotatable bonds is 0. The van der Waals surface area contributed by atoms with Gasteiger partial charge in [0.15, 0.2) is 0 Å². The lowest BCUT2D eigenvalue weighted by molar-refractivity contribution is 0.144. The van der Waals surface area contributed by atoms with Gasteiger partial charge in [-0.2, -0.15) is 0 Å². The number of hydrogen-bond acceptors (Lipinski definition) is 2. The molecule has 11 heavy (non-hydrogen) atoms. The normalized spacial score (nSPS) is 45.0. The average Bonchev–Trinajstić information content (AvgIpc) is 2.03. The predicted molar refractivity (Wildman–Crippen MR) is 46.4 cm³/mol. The van der Waals surface area contributed by atoms with Gasteiger partial charge in [-0.3, -0.25) is 0 Å². The van der Waals surface area contributed by atoms with Crippen LogP contribution in [0.4, 0.5) is 0 Å². The maximum atomic E-state index is 6.32. The van der Waals surface area contributed by atoms with Crippen molar-refractivity contribution < 1.29 is 0 Å². The molecule has 0 spiro atoms. The van der Waals surface area contributed by atoms with Gasteiger partial charge in [0.05, 0.1) is 0 Å². The van der Waals surface area contributed by atoms with Gasteiger partial charge >= 0.3 is 0 Å². The lowest BCUT2D eigenvalue weighted by Gasteiger charge is -2.45. The second kappa shape index (κ2) is 2.76. The highest BCUT2D eigenvalue weighted by Crippen LogP contribution is 2.35. The molecule has 64 valence electrons. The number of nitrogens with two attached hydrogens (primary N) is 1. The summed E-state index contributed by atoms with van der Waals surface area (Å²) in [5.74, 6) is 0.769. The van der Waals surface area contributed by atoms with E-state index in [1.54, 1.807) is 0 Å². The molecule has 3 N–H and O–H groups in total. The van der Waals surface area contributed by atoms with Crippen LogP contribution in [0.15, 0.2) is 0 Å². The first-order valence-electron chi connectivity index (χ1n) is 4.81. The molecule has 2 unspecified atom stereocenters. The van der Waals surface area contributed by atoms with Crippen molar-refractivity contribution >= 4 is 0 Å². The Morgan fingerprint density at radius 1 is 1.27 bits per heavy atom. The molecule has 0 amide bonds. The molecule has 0 aromatic rings. The molecule has 2 nitrogen and oxygen atoms in total. The molecule has 2 heteroatoms. The minimum atomic E-state index is 0.212. The van der Waals surface area contributed by atoms with Crippen molar-refractivity contribution in [3.8, 4) is 0 Å². The molecule has 1 aliphatic heterocycles. The zero-order valence-electron chi connectivity index (χ0n) is 7.10. The second-order valence-electron chi connectivity index (χ2n) is 4.13. The fourth-order valence-electron chi connectivity index (χ4n) is 2.57. The number of hydrogen-bond donors (Lipinski definition) is 2. The van der Waals surface area contributed by atoms with Crippen molar-refractivity contribution in [1.82, 2.24) is 5.32 Å². The van der Waals surface area contributed by atoms with Crippen LogP contribution < -0.4 is 11.1 Å². The molecule has 2 aliphatic rings. The molecule has 2 atom stereocenters. The topological polar surface area (TPSA) is 38.0 Å². The van der Waals surface area contributed by atoms with E-state index in [1.807, 2.05) is 0 Å². The lowest BCUT2D eigenvalue weighted by atomic mass is 9.70. The van der Waals surface area contributed by atoms with Gasteiger partial charge in [0.25, 0.3) is 0 Å². The Morgan fingerprint density at radius 3 is 3.00 bits per heavy atom. The summed E-state index contributed by atoms with van der Waals surface area (Å²) in [6, 6.07) is 0. The Bertz CT molecular complexity index is 132. The summed E-state index contributed by atoms with van der Waals surface area (Å²) in [6.07, 6.45) is 6.55. The molecular formula is C9H18N2. The van der Waals surface area contributed by atoms with Crippen molar-refractivity contribution in [3.05, 3.63) is 0 Å². The monoisotopic (exact) mass is 154 g/mol. The first-order chi connectivity index (χ1) is 5.31. The Balaban J connectivity index is 2.06. The standard InChI is InChI=1S/C9H18N2/c10-9-4-2-1-3-8(9)7-11-6-5-9/h8,11H,1-7,10H2. The van der Waals surface area contributed by atoms with Gasteiger partial charge in [0.1, 0.15) is 0 Å². The fraction of sp³-hybridized carbons (Fsp3) is 1.00. The van der Waals surface area contributed by atoms with E-state index in [0.29, 0.717) is 0 Å². The van der Waals surface area contributed by atoms with Gasteiger partial charge in [-0.25, -0.2) is 0 Å². The van der Waals surface area contributed by atoms with Crippen molar-refractivity contribution in [2.45, 2.75) is 37.6 Å². The zero-order valence-corrected chi connectivity index (χ0v) is 7.10. The molecule has 2 rings (SSSR count). The number of fused-ring (bicyclic) bond motifs is 1.